The summed E-state index contributed by atoms with van der Waals surface area (Å²) in [5, 5.41) is 8.62. The van der Waals surface area contributed by atoms with Crippen LogP contribution in [0.3, 0.4) is 0 Å². The number of carboxylic acid groups (broad SMARTS) is 1. The van der Waals surface area contributed by atoms with Crippen LogP contribution in [0.15, 0.2) is 24.3 Å². The van der Waals surface area contributed by atoms with Gasteiger partial charge in [0.2, 0.25) is 0 Å². The summed E-state index contributed by atoms with van der Waals surface area (Å²) in [4.78, 5) is 10.5. The van der Waals surface area contributed by atoms with Gasteiger partial charge in [0.1, 0.15) is 8.07 Å². The van der Waals surface area contributed by atoms with Gasteiger partial charge in [-0.15, -0.1) is 5.54 Å². The lowest BCUT2D eigenvalue weighted by Crippen LogP contribution is -2.16. The van der Waals surface area contributed by atoms with Gasteiger partial charge in [-0.3, -0.25) is 4.79 Å². The first kappa shape index (κ1) is 12.5. The number of hydrogen-bond acceptors (Lipinski definition) is 1. The molecule has 0 saturated heterocycles. The second kappa shape index (κ2) is 5.00. The molecule has 84 valence electrons. The second-order valence-electron chi connectivity index (χ2n) is 4.77. The summed E-state index contributed by atoms with van der Waals surface area (Å²) in [7, 11) is -1.34. The van der Waals surface area contributed by atoms with E-state index < -0.39 is 14.0 Å². The fourth-order valence-electron chi connectivity index (χ4n) is 1.14. The lowest BCUT2D eigenvalue weighted by atomic mass is 10.1. The highest BCUT2D eigenvalue weighted by Gasteiger charge is 2.07. The highest BCUT2D eigenvalue weighted by molar-refractivity contribution is 6.83. The Hall–Kier alpha value is -1.53. The minimum absolute atomic E-state index is 0.0712. The Bertz CT molecular complexity index is 430. The van der Waals surface area contributed by atoms with Crippen molar-refractivity contribution in [1.82, 2.24) is 0 Å². The Morgan fingerprint density at radius 1 is 1.25 bits per heavy atom. The molecular weight excluding hydrogens is 216 g/mol. The summed E-state index contributed by atoms with van der Waals surface area (Å²) >= 11 is 0. The Labute approximate surface area is 97.3 Å². The van der Waals surface area contributed by atoms with Crippen molar-refractivity contribution in [2.24, 2.45) is 0 Å². The van der Waals surface area contributed by atoms with Crippen molar-refractivity contribution in [2.75, 3.05) is 0 Å². The van der Waals surface area contributed by atoms with Crippen LogP contribution >= 0.6 is 0 Å². The third-order valence-corrected chi connectivity index (χ3v) is 2.77. The molecule has 2 nitrogen and oxygen atoms in total. The fourth-order valence-corrected chi connectivity index (χ4v) is 1.66. The predicted molar refractivity (Wildman–Crippen MR) is 68.0 cm³/mol. The lowest BCUT2D eigenvalue weighted by molar-refractivity contribution is -0.136. The van der Waals surface area contributed by atoms with Crippen LogP contribution in [0.5, 0.6) is 0 Å². The molecule has 0 unspecified atom stereocenters. The maximum Gasteiger partial charge on any atom is 0.307 e. The van der Waals surface area contributed by atoms with Crippen LogP contribution < -0.4 is 0 Å². The Morgan fingerprint density at radius 2 is 1.81 bits per heavy atom. The molecule has 0 aliphatic heterocycles. The molecule has 1 N–H and O–H groups in total. The van der Waals surface area contributed by atoms with Crippen LogP contribution in [-0.2, 0) is 11.2 Å². The van der Waals surface area contributed by atoms with Crippen LogP contribution in [0.25, 0.3) is 0 Å². The van der Waals surface area contributed by atoms with Gasteiger partial charge >= 0.3 is 5.97 Å². The Morgan fingerprint density at radius 3 is 2.25 bits per heavy atom. The molecule has 16 heavy (non-hydrogen) atoms. The standard InChI is InChI=1S/C13H16O2Si/c1-16(2,3)9-8-11-4-6-12(7-5-11)10-13(14)15/h4-7H,10H2,1-3H3,(H,14,15). The van der Waals surface area contributed by atoms with Gasteiger partial charge in [-0.1, -0.05) is 37.7 Å². The number of carboxylic acids is 1. The molecule has 0 aromatic heterocycles. The van der Waals surface area contributed by atoms with Crippen LogP contribution in [0.2, 0.25) is 19.6 Å². The van der Waals surface area contributed by atoms with E-state index in [0.29, 0.717) is 0 Å². The summed E-state index contributed by atoms with van der Waals surface area (Å²) in [5.41, 5.74) is 5.04. The molecule has 0 amide bonds. The van der Waals surface area contributed by atoms with Crippen molar-refractivity contribution < 1.29 is 9.90 Å². The molecule has 3 heteroatoms. The van der Waals surface area contributed by atoms with E-state index in [9.17, 15) is 4.79 Å². The summed E-state index contributed by atoms with van der Waals surface area (Å²) in [5.74, 6) is 2.32. The molecule has 0 bridgehead atoms. The third-order valence-electron chi connectivity index (χ3n) is 1.89. The van der Waals surface area contributed by atoms with Gasteiger partial charge in [-0.2, -0.15) is 0 Å². The summed E-state index contributed by atoms with van der Waals surface area (Å²) in [6.07, 6.45) is 0.0712. The second-order valence-corrected chi connectivity index (χ2v) is 9.52. The Kier molecular flexibility index (Phi) is 3.91. The van der Waals surface area contributed by atoms with Crippen molar-refractivity contribution in [2.45, 2.75) is 26.1 Å². The molecule has 0 radical (unpaired) electrons. The van der Waals surface area contributed by atoms with Crippen LogP contribution in [0.1, 0.15) is 11.1 Å². The fraction of sp³-hybridized carbons (Fsp3) is 0.308. The normalized spacial score (nSPS) is 10.4. The molecule has 0 saturated carbocycles. The smallest absolute Gasteiger partial charge is 0.307 e. The first-order chi connectivity index (χ1) is 7.37. The van der Waals surface area contributed by atoms with Crippen molar-refractivity contribution in [3.63, 3.8) is 0 Å². The Balaban J connectivity index is 2.78. The molecule has 0 fully saturated rings. The van der Waals surface area contributed by atoms with Gasteiger partial charge in [0.15, 0.2) is 0 Å². The van der Waals surface area contributed by atoms with Crippen LogP contribution in [0, 0.1) is 11.5 Å². The van der Waals surface area contributed by atoms with Gasteiger partial charge in [0, 0.05) is 5.56 Å². The summed E-state index contributed by atoms with van der Waals surface area (Å²) in [6.45, 7) is 6.58. The zero-order valence-corrected chi connectivity index (χ0v) is 10.9. The van der Waals surface area contributed by atoms with E-state index in [0.717, 1.165) is 11.1 Å². The highest BCUT2D eigenvalue weighted by atomic mass is 28.3. The van der Waals surface area contributed by atoms with E-state index in [2.05, 4.69) is 31.1 Å². The molecule has 1 rings (SSSR count). The van der Waals surface area contributed by atoms with E-state index in [-0.39, 0.29) is 6.42 Å². The molecule has 0 aliphatic carbocycles. The number of aliphatic carboxylic acids is 1. The minimum Gasteiger partial charge on any atom is -0.481 e. The number of rotatable bonds is 2. The highest BCUT2D eigenvalue weighted by Crippen LogP contribution is 2.05. The third kappa shape index (κ3) is 4.81. The van der Waals surface area contributed by atoms with E-state index in [1.807, 2.05) is 24.3 Å². The molecule has 0 heterocycles. The number of carbonyl (C=O) groups is 1. The topological polar surface area (TPSA) is 37.3 Å². The molecule has 0 aliphatic rings. The molecule has 0 spiro atoms. The predicted octanol–water partition coefficient (Wildman–Crippen LogP) is 2.54. The van der Waals surface area contributed by atoms with E-state index in [1.54, 1.807) is 0 Å². The van der Waals surface area contributed by atoms with Crippen molar-refractivity contribution in [3.8, 4) is 11.5 Å². The average Bonchev–Trinajstić information content (AvgIpc) is 2.14. The quantitative estimate of drug-likeness (QED) is 0.628. The van der Waals surface area contributed by atoms with Gasteiger partial charge in [-0.05, 0) is 17.7 Å². The zero-order valence-electron chi connectivity index (χ0n) is 9.87. The summed E-state index contributed by atoms with van der Waals surface area (Å²) in [6, 6.07) is 7.40. The van der Waals surface area contributed by atoms with Crippen molar-refractivity contribution in [3.05, 3.63) is 35.4 Å². The first-order valence-electron chi connectivity index (χ1n) is 5.21. The number of benzene rings is 1. The summed E-state index contributed by atoms with van der Waals surface area (Å²) < 4.78 is 0. The van der Waals surface area contributed by atoms with E-state index in [4.69, 9.17) is 5.11 Å². The van der Waals surface area contributed by atoms with E-state index >= 15 is 0 Å². The minimum atomic E-state index is -1.34. The van der Waals surface area contributed by atoms with Crippen molar-refractivity contribution >= 4 is 14.0 Å². The molecular formula is C13H16O2Si. The SMILES string of the molecule is C[Si](C)(C)C#Cc1ccc(CC(=O)O)cc1. The van der Waals surface area contributed by atoms with Crippen LogP contribution in [-0.4, -0.2) is 19.1 Å². The average molecular weight is 232 g/mol. The molecule has 1 aromatic carbocycles. The van der Waals surface area contributed by atoms with Gasteiger partial charge in [0.25, 0.3) is 0 Å². The first-order valence-corrected chi connectivity index (χ1v) is 8.71. The lowest BCUT2D eigenvalue weighted by Gasteiger charge is -2.03. The van der Waals surface area contributed by atoms with Gasteiger partial charge in [0.05, 0.1) is 6.42 Å². The maximum atomic E-state index is 10.5. The largest absolute Gasteiger partial charge is 0.481 e. The molecule has 0 atom stereocenters. The van der Waals surface area contributed by atoms with Crippen LogP contribution in [0.4, 0.5) is 0 Å². The van der Waals surface area contributed by atoms with Gasteiger partial charge in [-0.25, -0.2) is 0 Å². The zero-order chi connectivity index (χ0) is 12.2. The van der Waals surface area contributed by atoms with Gasteiger partial charge < -0.3 is 5.11 Å². The van der Waals surface area contributed by atoms with E-state index in [1.165, 1.54) is 0 Å². The maximum absolute atomic E-state index is 10.5. The monoisotopic (exact) mass is 232 g/mol. The number of hydrogen-bond donors (Lipinski definition) is 1. The molecule has 1 aromatic rings. The van der Waals surface area contributed by atoms with Crippen molar-refractivity contribution in [1.29, 1.82) is 0 Å².